The molecule has 1 aromatic heterocycles. The van der Waals surface area contributed by atoms with Crippen molar-refractivity contribution in [2.75, 3.05) is 5.32 Å². The van der Waals surface area contributed by atoms with E-state index in [0.717, 1.165) is 16.9 Å². The largest absolute Gasteiger partial charge is 0.486 e. The molecule has 27 heavy (non-hydrogen) atoms. The van der Waals surface area contributed by atoms with Gasteiger partial charge in [-0.15, -0.1) is 0 Å². The second-order valence-electron chi connectivity index (χ2n) is 6.11. The van der Waals surface area contributed by atoms with Gasteiger partial charge in [-0.1, -0.05) is 18.2 Å². The normalized spacial score (nSPS) is 10.4. The number of para-hydroxylation sites is 2. The van der Waals surface area contributed by atoms with E-state index < -0.39 is 10.8 Å². The topological polar surface area (TPSA) is 94.6 Å². The molecule has 0 saturated heterocycles. The van der Waals surface area contributed by atoms with Gasteiger partial charge in [-0.25, -0.2) is 0 Å². The van der Waals surface area contributed by atoms with Crippen molar-refractivity contribution in [2.24, 2.45) is 0 Å². The average molecular weight is 366 g/mol. The number of anilines is 1. The minimum Gasteiger partial charge on any atom is -0.486 e. The van der Waals surface area contributed by atoms with Crippen LogP contribution < -0.4 is 10.1 Å². The van der Waals surface area contributed by atoms with Gasteiger partial charge in [0.25, 0.3) is 11.6 Å². The SMILES string of the molecule is Cc1cc(C)cc(OCc2ccc(C(=O)Nc3ccccc3[N+](=O)[O-])o2)c1. The quantitative estimate of drug-likeness (QED) is 0.507. The number of aryl methyl sites for hydroxylation is 2. The number of hydrogen-bond donors (Lipinski definition) is 1. The highest BCUT2D eigenvalue weighted by Gasteiger charge is 2.18. The first-order valence-electron chi connectivity index (χ1n) is 8.27. The van der Waals surface area contributed by atoms with Crippen LogP contribution in [-0.4, -0.2) is 10.8 Å². The van der Waals surface area contributed by atoms with Gasteiger partial charge in [0.2, 0.25) is 0 Å². The van der Waals surface area contributed by atoms with Crippen LogP contribution in [0.5, 0.6) is 5.75 Å². The van der Waals surface area contributed by atoms with Crippen LogP contribution in [0.15, 0.2) is 59.0 Å². The highest BCUT2D eigenvalue weighted by atomic mass is 16.6. The van der Waals surface area contributed by atoms with Crippen LogP contribution in [-0.2, 0) is 6.61 Å². The van der Waals surface area contributed by atoms with Crippen molar-refractivity contribution < 1.29 is 18.9 Å². The molecule has 0 fully saturated rings. The number of ether oxygens (including phenoxy) is 1. The van der Waals surface area contributed by atoms with Gasteiger partial charge in [0, 0.05) is 6.07 Å². The van der Waals surface area contributed by atoms with Crippen molar-refractivity contribution in [2.45, 2.75) is 20.5 Å². The second kappa shape index (κ2) is 7.74. The number of furan rings is 1. The summed E-state index contributed by atoms with van der Waals surface area (Å²) in [6, 6.07) is 14.9. The number of rotatable bonds is 6. The summed E-state index contributed by atoms with van der Waals surface area (Å²) in [7, 11) is 0. The predicted molar refractivity (Wildman–Crippen MR) is 100 cm³/mol. The summed E-state index contributed by atoms with van der Waals surface area (Å²) in [5, 5.41) is 13.5. The molecule has 0 aliphatic heterocycles. The number of nitrogens with one attached hydrogen (secondary N) is 1. The summed E-state index contributed by atoms with van der Waals surface area (Å²) >= 11 is 0. The van der Waals surface area contributed by atoms with E-state index >= 15 is 0 Å². The molecule has 0 spiro atoms. The van der Waals surface area contributed by atoms with Crippen molar-refractivity contribution in [3.8, 4) is 5.75 Å². The number of carbonyl (C=O) groups excluding carboxylic acids is 1. The third-order valence-corrected chi connectivity index (χ3v) is 3.81. The van der Waals surface area contributed by atoms with E-state index in [-0.39, 0.29) is 23.7 Å². The van der Waals surface area contributed by atoms with Crippen LogP contribution in [0.1, 0.15) is 27.4 Å². The maximum Gasteiger partial charge on any atom is 0.292 e. The molecule has 138 valence electrons. The van der Waals surface area contributed by atoms with E-state index in [0.29, 0.717) is 5.76 Å². The van der Waals surface area contributed by atoms with Gasteiger partial charge in [-0.2, -0.15) is 0 Å². The van der Waals surface area contributed by atoms with Crippen molar-refractivity contribution in [1.29, 1.82) is 0 Å². The molecule has 0 unspecified atom stereocenters. The van der Waals surface area contributed by atoms with Crippen molar-refractivity contribution in [1.82, 2.24) is 0 Å². The molecule has 1 heterocycles. The molecule has 7 heteroatoms. The fraction of sp³-hybridized carbons (Fsp3) is 0.150. The number of benzene rings is 2. The summed E-state index contributed by atoms with van der Waals surface area (Å²) < 4.78 is 11.2. The van der Waals surface area contributed by atoms with Crippen molar-refractivity contribution in [3.05, 3.63) is 87.4 Å². The molecular weight excluding hydrogens is 348 g/mol. The number of carbonyl (C=O) groups is 1. The molecule has 0 radical (unpaired) electrons. The van der Waals surface area contributed by atoms with E-state index in [1.165, 1.54) is 24.3 Å². The molecular formula is C20H18N2O5. The molecule has 0 aliphatic rings. The molecule has 3 rings (SSSR count). The number of nitrogens with zero attached hydrogens (tertiary/aromatic N) is 1. The molecule has 0 bridgehead atoms. The first kappa shape index (κ1) is 18.2. The zero-order chi connectivity index (χ0) is 19.4. The molecule has 7 nitrogen and oxygen atoms in total. The van der Waals surface area contributed by atoms with Gasteiger partial charge in [0.1, 0.15) is 23.8 Å². The predicted octanol–water partition coefficient (Wildman–Crippen LogP) is 4.64. The molecule has 0 atom stereocenters. The fourth-order valence-corrected chi connectivity index (χ4v) is 2.67. The molecule has 0 aliphatic carbocycles. The molecule has 1 amide bonds. The summed E-state index contributed by atoms with van der Waals surface area (Å²) in [5.74, 6) is 0.672. The summed E-state index contributed by atoms with van der Waals surface area (Å²) in [4.78, 5) is 22.8. The van der Waals surface area contributed by atoms with Crippen LogP contribution in [0.2, 0.25) is 0 Å². The van der Waals surface area contributed by atoms with Crippen LogP contribution in [0.3, 0.4) is 0 Å². The lowest BCUT2D eigenvalue weighted by atomic mass is 10.1. The first-order chi connectivity index (χ1) is 12.9. The maximum atomic E-state index is 12.3. The van der Waals surface area contributed by atoms with E-state index in [4.69, 9.17) is 9.15 Å². The van der Waals surface area contributed by atoms with E-state index in [1.54, 1.807) is 12.1 Å². The molecule has 1 N–H and O–H groups in total. The Labute approximate surface area is 155 Å². The highest BCUT2D eigenvalue weighted by molar-refractivity contribution is 6.03. The minimum absolute atomic E-state index is 0.0483. The fourth-order valence-electron chi connectivity index (χ4n) is 2.67. The third-order valence-electron chi connectivity index (χ3n) is 3.81. The van der Waals surface area contributed by atoms with Crippen LogP contribution in [0.25, 0.3) is 0 Å². The van der Waals surface area contributed by atoms with Gasteiger partial charge in [0.05, 0.1) is 4.92 Å². The van der Waals surface area contributed by atoms with Crippen LogP contribution >= 0.6 is 0 Å². The van der Waals surface area contributed by atoms with Crippen molar-refractivity contribution in [3.63, 3.8) is 0 Å². The Balaban J connectivity index is 1.66. The zero-order valence-electron chi connectivity index (χ0n) is 14.9. The summed E-state index contributed by atoms with van der Waals surface area (Å²) in [6.07, 6.45) is 0. The standard InChI is InChI=1S/C20H18N2O5/c1-13-9-14(2)11-16(10-13)26-12-15-7-8-19(27-15)20(23)21-17-5-3-4-6-18(17)22(24)25/h3-11H,12H2,1-2H3,(H,21,23). The minimum atomic E-state index is -0.568. The van der Waals surface area contributed by atoms with Gasteiger partial charge >= 0.3 is 0 Å². The number of hydrogen-bond acceptors (Lipinski definition) is 5. The first-order valence-corrected chi connectivity index (χ1v) is 8.27. The smallest absolute Gasteiger partial charge is 0.292 e. The molecule has 0 saturated carbocycles. The lowest BCUT2D eigenvalue weighted by Gasteiger charge is -2.07. The lowest BCUT2D eigenvalue weighted by Crippen LogP contribution is -2.12. The Hall–Kier alpha value is -3.61. The van der Waals surface area contributed by atoms with E-state index in [1.807, 2.05) is 32.0 Å². The van der Waals surface area contributed by atoms with Crippen LogP contribution in [0.4, 0.5) is 11.4 Å². The average Bonchev–Trinajstić information content (AvgIpc) is 3.08. The monoisotopic (exact) mass is 366 g/mol. The number of nitro groups is 1. The Kier molecular flexibility index (Phi) is 5.21. The lowest BCUT2D eigenvalue weighted by molar-refractivity contribution is -0.383. The van der Waals surface area contributed by atoms with Crippen LogP contribution in [0, 0.1) is 24.0 Å². The van der Waals surface area contributed by atoms with Crippen molar-refractivity contribution >= 4 is 17.3 Å². The Morgan fingerprint density at radius 1 is 1.11 bits per heavy atom. The number of nitro benzene ring substituents is 1. The molecule has 2 aromatic carbocycles. The summed E-state index contributed by atoms with van der Waals surface area (Å²) in [6.45, 7) is 4.14. The highest BCUT2D eigenvalue weighted by Crippen LogP contribution is 2.24. The van der Waals surface area contributed by atoms with E-state index in [2.05, 4.69) is 5.32 Å². The zero-order valence-corrected chi connectivity index (χ0v) is 14.9. The molecule has 3 aromatic rings. The van der Waals surface area contributed by atoms with Gasteiger partial charge in [0.15, 0.2) is 5.76 Å². The van der Waals surface area contributed by atoms with E-state index in [9.17, 15) is 14.9 Å². The summed E-state index contributed by atoms with van der Waals surface area (Å²) in [5.41, 5.74) is 2.11. The Morgan fingerprint density at radius 3 is 2.52 bits per heavy atom. The maximum absolute atomic E-state index is 12.3. The Morgan fingerprint density at radius 2 is 1.81 bits per heavy atom. The Bertz CT molecular complexity index is 973. The van der Waals surface area contributed by atoms with Gasteiger partial charge < -0.3 is 14.5 Å². The van der Waals surface area contributed by atoms with Gasteiger partial charge in [-0.05, 0) is 55.3 Å². The second-order valence-corrected chi connectivity index (χ2v) is 6.11. The van der Waals surface area contributed by atoms with Gasteiger partial charge in [-0.3, -0.25) is 14.9 Å². The number of amides is 1. The third kappa shape index (κ3) is 4.52.